The molecule has 7 heteroatoms. The largest absolute Gasteiger partial charge is 0.344 e. The Labute approximate surface area is 263 Å². The molecule has 1 aliphatic heterocycles. The second-order valence-corrected chi connectivity index (χ2v) is 13.8. The van der Waals surface area contributed by atoms with Crippen LogP contribution in [-0.4, -0.2) is 60.0 Å². The molecule has 2 aliphatic rings. The lowest BCUT2D eigenvalue weighted by atomic mass is 9.76. The van der Waals surface area contributed by atoms with Gasteiger partial charge in [0.1, 0.15) is 11.8 Å². The van der Waals surface area contributed by atoms with Crippen molar-refractivity contribution < 1.29 is 19.2 Å². The van der Waals surface area contributed by atoms with Crippen LogP contribution in [0.3, 0.4) is 0 Å². The number of nitrogens with zero attached hydrogens (tertiary/aromatic N) is 1. The monoisotopic (exact) mass is 601 g/mol. The average Bonchev–Trinajstić information content (AvgIpc) is 3.53. The Kier molecular flexibility index (Phi) is 11.5. The molecule has 0 bridgehead atoms. The second kappa shape index (κ2) is 15.1. The Hall–Kier alpha value is -3.32. The first-order valence-corrected chi connectivity index (χ1v) is 16.5. The van der Waals surface area contributed by atoms with Crippen LogP contribution in [0.2, 0.25) is 0 Å². The molecule has 0 aromatic heterocycles. The molecule has 2 amide bonds. The zero-order valence-corrected chi connectivity index (χ0v) is 27.2. The number of amides is 2. The smallest absolute Gasteiger partial charge is 0.243 e. The van der Waals surface area contributed by atoms with Crippen LogP contribution in [0, 0.1) is 17.3 Å². The first-order chi connectivity index (χ1) is 21.0. The van der Waals surface area contributed by atoms with Gasteiger partial charge in [-0.25, -0.2) is 0 Å². The average molecular weight is 602 g/mol. The second-order valence-electron chi connectivity index (χ2n) is 13.8. The van der Waals surface area contributed by atoms with Crippen LogP contribution >= 0.6 is 0 Å². The summed E-state index contributed by atoms with van der Waals surface area (Å²) in [6, 6.07) is 17.8. The van der Waals surface area contributed by atoms with Gasteiger partial charge in [-0.05, 0) is 56.7 Å². The lowest BCUT2D eigenvalue weighted by Crippen LogP contribution is -2.55. The minimum atomic E-state index is -0.822. The van der Waals surface area contributed by atoms with Gasteiger partial charge in [0.2, 0.25) is 11.8 Å². The highest BCUT2D eigenvalue weighted by Crippen LogP contribution is 2.36. The number of carbonyl (C=O) groups is 4. The highest BCUT2D eigenvalue weighted by atomic mass is 16.2. The molecule has 4 rings (SSSR count). The van der Waals surface area contributed by atoms with Crippen molar-refractivity contribution in [3.05, 3.63) is 71.8 Å². The predicted octanol–water partition coefficient (Wildman–Crippen LogP) is 5.67. The third kappa shape index (κ3) is 8.03. The number of rotatable bonds is 12. The number of likely N-dealkylation sites (N-methyl/N-ethyl adjacent to an activating group) is 1. The van der Waals surface area contributed by atoms with Gasteiger partial charge in [0.15, 0.2) is 5.78 Å². The van der Waals surface area contributed by atoms with Gasteiger partial charge >= 0.3 is 0 Å². The summed E-state index contributed by atoms with van der Waals surface area (Å²) >= 11 is 0. The van der Waals surface area contributed by atoms with E-state index in [1.54, 1.807) is 11.9 Å². The van der Waals surface area contributed by atoms with Crippen LogP contribution in [-0.2, 0) is 19.2 Å². The van der Waals surface area contributed by atoms with Crippen molar-refractivity contribution in [3.8, 4) is 0 Å². The summed E-state index contributed by atoms with van der Waals surface area (Å²) in [5.41, 5.74) is 1.17. The molecule has 44 heavy (non-hydrogen) atoms. The van der Waals surface area contributed by atoms with Crippen molar-refractivity contribution in [1.82, 2.24) is 15.5 Å². The molecule has 7 nitrogen and oxygen atoms in total. The van der Waals surface area contributed by atoms with Crippen molar-refractivity contribution in [3.63, 3.8) is 0 Å². The molecule has 1 saturated carbocycles. The van der Waals surface area contributed by atoms with E-state index in [1.807, 2.05) is 88.4 Å². The van der Waals surface area contributed by atoms with Gasteiger partial charge < -0.3 is 15.5 Å². The molecule has 2 fully saturated rings. The summed E-state index contributed by atoms with van der Waals surface area (Å²) in [6.07, 6.45) is 6.57. The summed E-state index contributed by atoms with van der Waals surface area (Å²) in [5.74, 6) is -1.11. The van der Waals surface area contributed by atoms with Crippen molar-refractivity contribution in [2.45, 2.75) is 103 Å². The molecular formula is C37H51N3O4. The highest BCUT2D eigenvalue weighted by Gasteiger charge is 2.44. The van der Waals surface area contributed by atoms with E-state index in [9.17, 15) is 19.2 Å². The van der Waals surface area contributed by atoms with E-state index in [4.69, 9.17) is 0 Å². The predicted molar refractivity (Wildman–Crippen MR) is 174 cm³/mol. The fourth-order valence-corrected chi connectivity index (χ4v) is 6.98. The number of benzene rings is 2. The van der Waals surface area contributed by atoms with Gasteiger partial charge in [0.25, 0.3) is 0 Å². The fraction of sp³-hybridized carbons (Fsp3) is 0.568. The van der Waals surface area contributed by atoms with Gasteiger partial charge in [-0.2, -0.15) is 0 Å². The quantitative estimate of drug-likeness (QED) is 0.327. The Balaban J connectivity index is 1.64. The van der Waals surface area contributed by atoms with E-state index >= 15 is 0 Å². The molecular weight excluding hydrogens is 550 g/mol. The summed E-state index contributed by atoms with van der Waals surface area (Å²) in [6.45, 7) is 7.95. The maximum Gasteiger partial charge on any atom is 0.243 e. The van der Waals surface area contributed by atoms with E-state index in [-0.39, 0.29) is 41.8 Å². The Morgan fingerprint density at radius 1 is 0.841 bits per heavy atom. The van der Waals surface area contributed by atoms with Gasteiger partial charge in [-0.3, -0.25) is 19.2 Å². The number of nitrogens with one attached hydrogen (secondary N) is 2. The van der Waals surface area contributed by atoms with Gasteiger partial charge in [-0.15, -0.1) is 0 Å². The number of likely N-dealkylation sites (tertiary alicyclic amines) is 1. The first kappa shape index (κ1) is 33.6. The maximum absolute atomic E-state index is 14.3. The van der Waals surface area contributed by atoms with Crippen molar-refractivity contribution in [2.75, 3.05) is 13.6 Å². The Bertz CT molecular complexity index is 1230. The first-order valence-electron chi connectivity index (χ1n) is 16.5. The number of hydrogen-bond acceptors (Lipinski definition) is 5. The van der Waals surface area contributed by atoms with Crippen LogP contribution < -0.4 is 10.6 Å². The van der Waals surface area contributed by atoms with Crippen molar-refractivity contribution in [1.29, 1.82) is 0 Å². The fourth-order valence-electron chi connectivity index (χ4n) is 6.98. The number of carbonyl (C=O) groups excluding carboxylic acids is 4. The topological polar surface area (TPSA) is 95.6 Å². The van der Waals surface area contributed by atoms with E-state index < -0.39 is 29.3 Å². The number of hydrogen-bond donors (Lipinski definition) is 2. The molecule has 0 unspecified atom stereocenters. The Morgan fingerprint density at radius 2 is 1.41 bits per heavy atom. The van der Waals surface area contributed by atoms with E-state index in [0.717, 1.165) is 43.2 Å². The standard InChI is InChI=1S/C37H51N3O4/c1-25(38-5)31(41)24-29(26-16-9-6-10-17-26)36(44)40-23-15-22-30(40)35(43)39-33(34(42)37(2,3)4)32(27-18-11-7-12-19-27)28-20-13-8-14-21-28/h7-8,11-14,18-21,25-26,29-30,32-33,38H,6,9-10,15-17,22-24H2,1-5H3,(H,39,43)/t25-,29-,30-,33-/m0/s1. The van der Waals surface area contributed by atoms with Crippen molar-refractivity contribution >= 4 is 23.4 Å². The lowest BCUT2D eigenvalue weighted by Gasteiger charge is -2.36. The SMILES string of the molecule is CN[C@@H](C)C(=O)C[C@H](C(=O)N1CCC[C@H]1C(=O)N[C@H](C(=O)C(C)(C)C)C(c1ccccc1)c1ccccc1)C1CCCCC1. The van der Waals surface area contributed by atoms with Crippen molar-refractivity contribution in [2.24, 2.45) is 17.3 Å². The molecule has 2 N–H and O–H groups in total. The van der Waals surface area contributed by atoms with E-state index in [1.165, 1.54) is 0 Å². The molecule has 1 heterocycles. The maximum atomic E-state index is 14.3. The lowest BCUT2D eigenvalue weighted by molar-refractivity contribution is -0.145. The van der Waals surface area contributed by atoms with Crippen LogP contribution in [0.5, 0.6) is 0 Å². The summed E-state index contributed by atoms with van der Waals surface area (Å²) in [4.78, 5) is 57.4. The van der Waals surface area contributed by atoms with Crippen LogP contribution in [0.25, 0.3) is 0 Å². The molecule has 0 radical (unpaired) electrons. The minimum Gasteiger partial charge on any atom is -0.344 e. The summed E-state index contributed by atoms with van der Waals surface area (Å²) < 4.78 is 0. The van der Waals surface area contributed by atoms with Crippen LogP contribution in [0.15, 0.2) is 60.7 Å². The van der Waals surface area contributed by atoms with Gasteiger partial charge in [0.05, 0.1) is 12.1 Å². The summed E-state index contributed by atoms with van der Waals surface area (Å²) in [7, 11) is 1.76. The third-order valence-electron chi connectivity index (χ3n) is 9.68. The van der Waals surface area contributed by atoms with Gasteiger partial charge in [0, 0.05) is 30.2 Å². The normalized spacial score (nSPS) is 19.8. The Morgan fingerprint density at radius 3 is 1.93 bits per heavy atom. The molecule has 238 valence electrons. The molecule has 2 aromatic carbocycles. The third-order valence-corrected chi connectivity index (χ3v) is 9.68. The zero-order valence-electron chi connectivity index (χ0n) is 27.2. The van der Waals surface area contributed by atoms with E-state index in [2.05, 4.69) is 10.6 Å². The molecule has 2 aromatic rings. The highest BCUT2D eigenvalue weighted by molar-refractivity contribution is 5.97. The van der Waals surface area contributed by atoms with E-state index in [0.29, 0.717) is 19.4 Å². The summed E-state index contributed by atoms with van der Waals surface area (Å²) in [5, 5.41) is 6.19. The van der Waals surface area contributed by atoms with Crippen LogP contribution in [0.4, 0.5) is 0 Å². The molecule has 0 spiro atoms. The zero-order chi connectivity index (χ0) is 31.9. The number of Topliss-reactive ketones (excluding diaryl/α,β-unsaturated/α-hetero) is 2. The molecule has 1 aliphatic carbocycles. The number of ketones is 2. The molecule has 4 atom stereocenters. The van der Waals surface area contributed by atoms with Gasteiger partial charge in [-0.1, -0.05) is 101 Å². The van der Waals surface area contributed by atoms with Crippen LogP contribution in [0.1, 0.15) is 96.1 Å². The minimum absolute atomic E-state index is 0.0287. The molecule has 1 saturated heterocycles.